The fraction of sp³-hybridized carbons (Fsp3) is 0.938. The Morgan fingerprint density at radius 2 is 2.25 bits per heavy atom. The van der Waals surface area contributed by atoms with Crippen molar-refractivity contribution in [1.82, 2.24) is 10.2 Å². The van der Waals surface area contributed by atoms with Gasteiger partial charge in [-0.05, 0) is 52.6 Å². The molecule has 3 unspecified atom stereocenters. The minimum Gasteiger partial charge on any atom is -0.377 e. The number of likely N-dealkylation sites (N-methyl/N-ethyl adjacent to an activating group) is 1. The van der Waals surface area contributed by atoms with Gasteiger partial charge in [0.05, 0.1) is 12.2 Å². The maximum absolute atomic E-state index is 9.44. The molecule has 1 heterocycles. The van der Waals surface area contributed by atoms with Crippen molar-refractivity contribution >= 4 is 0 Å². The van der Waals surface area contributed by atoms with Crippen LogP contribution in [-0.4, -0.2) is 48.8 Å². The lowest BCUT2D eigenvalue weighted by Gasteiger charge is -2.34. The van der Waals surface area contributed by atoms with Crippen LogP contribution in [0.2, 0.25) is 0 Å². The van der Waals surface area contributed by atoms with Crippen molar-refractivity contribution < 1.29 is 4.74 Å². The summed E-state index contributed by atoms with van der Waals surface area (Å²) in [6.07, 6.45) is 4.65. The van der Waals surface area contributed by atoms with E-state index in [9.17, 15) is 5.26 Å². The molecule has 0 saturated carbocycles. The summed E-state index contributed by atoms with van der Waals surface area (Å²) in [5, 5.41) is 12.8. The second-order valence-corrected chi connectivity index (χ2v) is 6.15. The Morgan fingerprint density at radius 3 is 2.75 bits per heavy atom. The first-order valence-electron chi connectivity index (χ1n) is 8.06. The lowest BCUT2D eigenvalue weighted by atomic mass is 9.94. The summed E-state index contributed by atoms with van der Waals surface area (Å²) in [5.74, 6) is 0. The van der Waals surface area contributed by atoms with E-state index < -0.39 is 5.54 Å². The fourth-order valence-corrected chi connectivity index (χ4v) is 2.95. The molecule has 1 fully saturated rings. The van der Waals surface area contributed by atoms with Gasteiger partial charge in [0, 0.05) is 19.2 Å². The summed E-state index contributed by atoms with van der Waals surface area (Å²) in [7, 11) is 0. The van der Waals surface area contributed by atoms with Crippen LogP contribution in [0.15, 0.2) is 0 Å². The Hall–Kier alpha value is -0.630. The van der Waals surface area contributed by atoms with E-state index in [2.05, 4.69) is 37.1 Å². The van der Waals surface area contributed by atoms with Crippen LogP contribution >= 0.6 is 0 Å². The second-order valence-electron chi connectivity index (χ2n) is 6.15. The molecule has 0 aliphatic carbocycles. The summed E-state index contributed by atoms with van der Waals surface area (Å²) in [4.78, 5) is 2.44. The van der Waals surface area contributed by atoms with Gasteiger partial charge in [-0.25, -0.2) is 0 Å². The average Bonchev–Trinajstić information content (AvgIpc) is 2.95. The highest BCUT2D eigenvalue weighted by atomic mass is 16.5. The van der Waals surface area contributed by atoms with Crippen LogP contribution in [0.25, 0.3) is 0 Å². The van der Waals surface area contributed by atoms with Gasteiger partial charge in [0.1, 0.15) is 5.54 Å². The lowest BCUT2D eigenvalue weighted by Crippen LogP contribution is -2.48. The standard InChI is InChI=1S/C16H31N3O/c1-5-9-18-16(4,13-17)11-14(3)19(6-2)12-15-8-7-10-20-15/h14-15,18H,5-12H2,1-4H3. The third-order valence-electron chi connectivity index (χ3n) is 4.21. The molecule has 0 aromatic carbocycles. The van der Waals surface area contributed by atoms with Crippen molar-refractivity contribution in [2.75, 3.05) is 26.2 Å². The van der Waals surface area contributed by atoms with Gasteiger partial charge in [-0.15, -0.1) is 0 Å². The number of nitrogens with zero attached hydrogens (tertiary/aromatic N) is 2. The van der Waals surface area contributed by atoms with Crippen LogP contribution in [-0.2, 0) is 4.74 Å². The van der Waals surface area contributed by atoms with E-state index in [1.165, 1.54) is 12.8 Å². The topological polar surface area (TPSA) is 48.3 Å². The van der Waals surface area contributed by atoms with Crippen molar-refractivity contribution in [3.05, 3.63) is 0 Å². The monoisotopic (exact) mass is 281 g/mol. The molecule has 1 aliphatic rings. The lowest BCUT2D eigenvalue weighted by molar-refractivity contribution is 0.0570. The van der Waals surface area contributed by atoms with Gasteiger partial charge >= 0.3 is 0 Å². The minimum atomic E-state index is -0.431. The van der Waals surface area contributed by atoms with Gasteiger partial charge < -0.3 is 4.74 Å². The predicted molar refractivity (Wildman–Crippen MR) is 82.6 cm³/mol. The molecule has 4 heteroatoms. The third kappa shape index (κ3) is 5.40. The predicted octanol–water partition coefficient (Wildman–Crippen LogP) is 2.55. The van der Waals surface area contributed by atoms with Gasteiger partial charge in [-0.1, -0.05) is 13.8 Å². The van der Waals surface area contributed by atoms with Crippen molar-refractivity contribution in [3.63, 3.8) is 0 Å². The van der Waals surface area contributed by atoms with E-state index in [1.807, 2.05) is 6.92 Å². The molecule has 20 heavy (non-hydrogen) atoms. The first-order chi connectivity index (χ1) is 9.54. The fourth-order valence-electron chi connectivity index (χ4n) is 2.95. The van der Waals surface area contributed by atoms with E-state index >= 15 is 0 Å². The van der Waals surface area contributed by atoms with Crippen LogP contribution in [0, 0.1) is 11.3 Å². The molecule has 1 rings (SSSR count). The van der Waals surface area contributed by atoms with Crippen LogP contribution in [0.4, 0.5) is 0 Å². The van der Waals surface area contributed by atoms with E-state index in [-0.39, 0.29) is 0 Å². The van der Waals surface area contributed by atoms with Crippen molar-refractivity contribution in [1.29, 1.82) is 5.26 Å². The Kier molecular flexibility index (Phi) is 7.50. The van der Waals surface area contributed by atoms with E-state index in [1.54, 1.807) is 0 Å². The third-order valence-corrected chi connectivity index (χ3v) is 4.21. The average molecular weight is 281 g/mol. The summed E-state index contributed by atoms with van der Waals surface area (Å²) < 4.78 is 5.73. The molecule has 1 saturated heterocycles. The molecule has 116 valence electrons. The normalized spacial score (nSPS) is 23.5. The first-order valence-corrected chi connectivity index (χ1v) is 8.06. The van der Waals surface area contributed by atoms with Gasteiger partial charge in [0.2, 0.25) is 0 Å². The van der Waals surface area contributed by atoms with Gasteiger partial charge in [0.25, 0.3) is 0 Å². The number of hydrogen-bond donors (Lipinski definition) is 1. The number of rotatable bonds is 9. The van der Waals surface area contributed by atoms with Crippen molar-refractivity contribution in [2.45, 2.75) is 71.1 Å². The molecule has 4 nitrogen and oxygen atoms in total. The number of hydrogen-bond acceptors (Lipinski definition) is 4. The van der Waals surface area contributed by atoms with E-state index in [0.717, 1.165) is 39.1 Å². The Morgan fingerprint density at radius 1 is 1.50 bits per heavy atom. The highest BCUT2D eigenvalue weighted by Gasteiger charge is 2.29. The summed E-state index contributed by atoms with van der Waals surface area (Å²) in [6.45, 7) is 12.4. The highest BCUT2D eigenvalue weighted by Crippen LogP contribution is 2.19. The molecule has 1 aliphatic heterocycles. The SMILES string of the molecule is CCCNC(C)(C#N)CC(C)N(CC)CC1CCCO1. The molecule has 0 amide bonds. The number of ether oxygens (including phenoxy) is 1. The Labute approximate surface area is 124 Å². The largest absolute Gasteiger partial charge is 0.377 e. The van der Waals surface area contributed by atoms with Gasteiger partial charge in [0.15, 0.2) is 0 Å². The van der Waals surface area contributed by atoms with E-state index in [4.69, 9.17) is 4.74 Å². The zero-order valence-corrected chi connectivity index (χ0v) is 13.6. The molecule has 0 aromatic heterocycles. The maximum atomic E-state index is 9.44. The molecule has 0 bridgehead atoms. The minimum absolute atomic E-state index is 0.384. The van der Waals surface area contributed by atoms with Crippen LogP contribution in [0.5, 0.6) is 0 Å². The molecule has 0 spiro atoms. The summed E-state index contributed by atoms with van der Waals surface area (Å²) in [5.41, 5.74) is -0.431. The molecule has 1 N–H and O–H groups in total. The second kappa shape index (κ2) is 8.61. The highest BCUT2D eigenvalue weighted by molar-refractivity contribution is 5.05. The molecule has 0 radical (unpaired) electrons. The van der Waals surface area contributed by atoms with Crippen LogP contribution in [0.1, 0.15) is 53.4 Å². The molecule has 0 aromatic rings. The molecule has 3 atom stereocenters. The Bertz CT molecular complexity index is 309. The quantitative estimate of drug-likeness (QED) is 0.705. The van der Waals surface area contributed by atoms with Gasteiger partial charge in [-0.3, -0.25) is 10.2 Å². The van der Waals surface area contributed by atoms with Crippen molar-refractivity contribution in [2.24, 2.45) is 0 Å². The van der Waals surface area contributed by atoms with Crippen molar-refractivity contribution in [3.8, 4) is 6.07 Å². The summed E-state index contributed by atoms with van der Waals surface area (Å²) in [6, 6.07) is 2.83. The van der Waals surface area contributed by atoms with Crippen LogP contribution in [0.3, 0.4) is 0 Å². The molecular formula is C16H31N3O. The van der Waals surface area contributed by atoms with Crippen LogP contribution < -0.4 is 5.32 Å². The van der Waals surface area contributed by atoms with Gasteiger partial charge in [-0.2, -0.15) is 5.26 Å². The number of nitriles is 1. The maximum Gasteiger partial charge on any atom is 0.105 e. The molecular weight excluding hydrogens is 250 g/mol. The van der Waals surface area contributed by atoms with E-state index in [0.29, 0.717) is 12.1 Å². The summed E-state index contributed by atoms with van der Waals surface area (Å²) >= 11 is 0. The zero-order valence-electron chi connectivity index (χ0n) is 13.6. The Balaban J connectivity index is 2.51. The first kappa shape index (κ1) is 17.4. The zero-order chi connectivity index (χ0) is 15.0. The smallest absolute Gasteiger partial charge is 0.105 e. The number of nitrogens with one attached hydrogen (secondary N) is 1.